The van der Waals surface area contributed by atoms with Crippen molar-refractivity contribution < 1.29 is 8.42 Å². The van der Waals surface area contributed by atoms with E-state index >= 15 is 0 Å². The Morgan fingerprint density at radius 2 is 2.05 bits per heavy atom. The monoisotopic (exact) mass is 316 g/mol. The highest BCUT2D eigenvalue weighted by Gasteiger charge is 2.14. The zero-order chi connectivity index (χ0) is 15.0. The molecule has 0 amide bonds. The molecule has 0 heterocycles. The van der Waals surface area contributed by atoms with Crippen molar-refractivity contribution >= 4 is 21.8 Å². The number of benzene rings is 1. The smallest absolute Gasteiger partial charge is 0.240 e. The molecular weight excluding hydrogens is 292 g/mol. The van der Waals surface area contributed by atoms with Crippen LogP contribution >= 0.6 is 11.8 Å². The molecule has 1 aromatic carbocycles. The summed E-state index contributed by atoms with van der Waals surface area (Å²) in [6.07, 6.45) is 2.86. The lowest BCUT2D eigenvalue weighted by atomic mass is 10.1. The van der Waals surface area contributed by atoms with E-state index in [1.54, 1.807) is 23.9 Å². The minimum atomic E-state index is -3.39. The van der Waals surface area contributed by atoms with Gasteiger partial charge in [-0.15, -0.1) is 0 Å². The van der Waals surface area contributed by atoms with Crippen LogP contribution in [0.2, 0.25) is 0 Å². The van der Waals surface area contributed by atoms with Gasteiger partial charge in [0.05, 0.1) is 4.90 Å². The highest BCUT2D eigenvalue weighted by atomic mass is 32.2. The van der Waals surface area contributed by atoms with Crippen LogP contribution in [0, 0.1) is 6.92 Å². The summed E-state index contributed by atoms with van der Waals surface area (Å²) in [7, 11) is -3.39. The van der Waals surface area contributed by atoms with Crippen LogP contribution < -0.4 is 10.0 Å². The second kappa shape index (κ2) is 8.67. The van der Waals surface area contributed by atoms with E-state index in [0.717, 1.165) is 29.8 Å². The van der Waals surface area contributed by atoms with Crippen molar-refractivity contribution in [3.63, 3.8) is 0 Å². The highest BCUT2D eigenvalue weighted by Crippen LogP contribution is 2.15. The molecule has 0 fully saturated rings. The van der Waals surface area contributed by atoms with E-state index in [4.69, 9.17) is 0 Å². The van der Waals surface area contributed by atoms with Crippen molar-refractivity contribution in [2.75, 3.05) is 25.1 Å². The van der Waals surface area contributed by atoms with Crippen molar-refractivity contribution in [2.24, 2.45) is 0 Å². The number of aryl methyl sites for hydroxylation is 1. The molecule has 0 aliphatic rings. The van der Waals surface area contributed by atoms with Gasteiger partial charge in [0.15, 0.2) is 0 Å². The lowest BCUT2D eigenvalue weighted by molar-refractivity contribution is 0.580. The Bertz CT molecular complexity index is 516. The minimum absolute atomic E-state index is 0.347. The fourth-order valence-corrected chi connectivity index (χ4v) is 3.33. The lowest BCUT2D eigenvalue weighted by Crippen LogP contribution is -2.25. The van der Waals surface area contributed by atoms with Crippen LogP contribution in [0.15, 0.2) is 23.1 Å². The fourth-order valence-electron chi connectivity index (χ4n) is 1.77. The third-order valence-electron chi connectivity index (χ3n) is 3.01. The number of nitrogens with one attached hydrogen (secondary N) is 2. The molecule has 1 rings (SSSR count). The van der Waals surface area contributed by atoms with Crippen LogP contribution in [-0.4, -0.2) is 33.5 Å². The fraction of sp³-hybridized carbons (Fsp3) is 0.571. The molecule has 20 heavy (non-hydrogen) atoms. The third-order valence-corrected chi connectivity index (χ3v) is 5.17. The Labute approximate surface area is 126 Å². The largest absolute Gasteiger partial charge is 0.313 e. The number of thioether (sulfide) groups is 1. The second-order valence-corrected chi connectivity index (χ2v) is 7.37. The van der Waals surface area contributed by atoms with Crippen molar-refractivity contribution in [1.29, 1.82) is 0 Å². The van der Waals surface area contributed by atoms with Crippen LogP contribution in [0.1, 0.15) is 24.5 Å². The molecule has 0 bridgehead atoms. The molecule has 2 N–H and O–H groups in total. The van der Waals surface area contributed by atoms with Crippen molar-refractivity contribution in [2.45, 2.75) is 31.7 Å². The van der Waals surface area contributed by atoms with E-state index in [9.17, 15) is 8.42 Å². The van der Waals surface area contributed by atoms with Crippen LogP contribution in [0.5, 0.6) is 0 Å². The van der Waals surface area contributed by atoms with E-state index < -0.39 is 10.0 Å². The van der Waals surface area contributed by atoms with Crippen LogP contribution in [-0.2, 0) is 16.6 Å². The summed E-state index contributed by atoms with van der Waals surface area (Å²) < 4.78 is 27.0. The topological polar surface area (TPSA) is 58.2 Å². The molecule has 1 aromatic rings. The first-order valence-electron chi connectivity index (χ1n) is 6.80. The molecule has 0 aliphatic heterocycles. The summed E-state index contributed by atoms with van der Waals surface area (Å²) in [5.74, 6) is 0.960. The number of sulfonamides is 1. The summed E-state index contributed by atoms with van der Waals surface area (Å²) in [6, 6.07) is 5.29. The zero-order valence-electron chi connectivity index (χ0n) is 12.4. The first kappa shape index (κ1) is 17.5. The highest BCUT2D eigenvalue weighted by molar-refractivity contribution is 7.98. The van der Waals surface area contributed by atoms with Gasteiger partial charge in [-0.05, 0) is 55.2 Å². The van der Waals surface area contributed by atoms with Crippen molar-refractivity contribution in [3.05, 3.63) is 29.3 Å². The first-order chi connectivity index (χ1) is 9.51. The third kappa shape index (κ3) is 5.44. The number of hydrogen-bond acceptors (Lipinski definition) is 4. The average Bonchev–Trinajstić information content (AvgIpc) is 2.42. The van der Waals surface area contributed by atoms with Gasteiger partial charge in [0.2, 0.25) is 10.0 Å². The van der Waals surface area contributed by atoms with Gasteiger partial charge >= 0.3 is 0 Å². The molecule has 0 atom stereocenters. The Morgan fingerprint density at radius 3 is 2.70 bits per heavy atom. The standard InChI is InChI=1S/C14H24N2O2S2/c1-4-15-11-13-10-14(7-6-12(13)2)20(17,18)16-8-5-9-19-3/h6-7,10,15-16H,4-5,8-9,11H2,1-3H3. The van der Waals surface area contributed by atoms with Crippen LogP contribution in [0.4, 0.5) is 0 Å². The maximum absolute atomic E-state index is 12.2. The molecule has 0 spiro atoms. The molecule has 0 radical (unpaired) electrons. The maximum atomic E-state index is 12.2. The lowest BCUT2D eigenvalue weighted by Gasteiger charge is -2.11. The van der Waals surface area contributed by atoms with E-state index in [-0.39, 0.29) is 0 Å². The normalized spacial score (nSPS) is 11.8. The van der Waals surface area contributed by atoms with E-state index in [2.05, 4.69) is 10.0 Å². The molecule has 4 nitrogen and oxygen atoms in total. The summed E-state index contributed by atoms with van der Waals surface area (Å²) in [5.41, 5.74) is 2.13. The van der Waals surface area contributed by atoms with Gasteiger partial charge < -0.3 is 5.32 Å². The molecule has 6 heteroatoms. The number of rotatable bonds is 9. The minimum Gasteiger partial charge on any atom is -0.313 e. The van der Waals surface area contributed by atoms with E-state index in [1.807, 2.05) is 26.2 Å². The Kier molecular flexibility index (Phi) is 7.58. The molecule has 0 aliphatic carbocycles. The van der Waals surface area contributed by atoms with Gasteiger partial charge in [0.25, 0.3) is 0 Å². The zero-order valence-corrected chi connectivity index (χ0v) is 14.0. The molecule has 0 aromatic heterocycles. The van der Waals surface area contributed by atoms with Crippen molar-refractivity contribution in [3.8, 4) is 0 Å². The van der Waals surface area contributed by atoms with Gasteiger partial charge in [0.1, 0.15) is 0 Å². The maximum Gasteiger partial charge on any atom is 0.240 e. The molecule has 0 saturated heterocycles. The molecule has 114 valence electrons. The molecule has 0 unspecified atom stereocenters. The summed E-state index contributed by atoms with van der Waals surface area (Å²) in [6.45, 7) is 6.07. The van der Waals surface area contributed by atoms with Crippen LogP contribution in [0.3, 0.4) is 0 Å². The SMILES string of the molecule is CCNCc1cc(S(=O)(=O)NCCCSC)ccc1C. The van der Waals surface area contributed by atoms with E-state index in [0.29, 0.717) is 18.0 Å². The second-order valence-electron chi connectivity index (χ2n) is 4.61. The number of hydrogen-bond donors (Lipinski definition) is 2. The average molecular weight is 316 g/mol. The summed E-state index contributed by atoms with van der Waals surface area (Å²) in [4.78, 5) is 0.347. The van der Waals surface area contributed by atoms with Crippen molar-refractivity contribution in [1.82, 2.24) is 10.0 Å². The van der Waals surface area contributed by atoms with Gasteiger partial charge in [-0.25, -0.2) is 13.1 Å². The Morgan fingerprint density at radius 1 is 1.30 bits per heavy atom. The summed E-state index contributed by atoms with van der Waals surface area (Å²) in [5, 5.41) is 3.23. The quantitative estimate of drug-likeness (QED) is 0.685. The van der Waals surface area contributed by atoms with Gasteiger partial charge in [0, 0.05) is 13.1 Å². The van der Waals surface area contributed by atoms with E-state index in [1.165, 1.54) is 0 Å². The Hall–Kier alpha value is -0.560. The van der Waals surface area contributed by atoms with Gasteiger partial charge in [-0.3, -0.25) is 0 Å². The Balaban J connectivity index is 2.78. The van der Waals surface area contributed by atoms with Gasteiger partial charge in [-0.1, -0.05) is 13.0 Å². The predicted octanol–water partition coefficient (Wildman–Crippen LogP) is 2.14. The first-order valence-corrected chi connectivity index (χ1v) is 9.67. The van der Waals surface area contributed by atoms with Crippen LogP contribution in [0.25, 0.3) is 0 Å². The van der Waals surface area contributed by atoms with Gasteiger partial charge in [-0.2, -0.15) is 11.8 Å². The predicted molar refractivity (Wildman–Crippen MR) is 86.7 cm³/mol. The summed E-state index contributed by atoms with van der Waals surface area (Å²) >= 11 is 1.72. The molecule has 0 saturated carbocycles. The molecular formula is C14H24N2O2S2.